The lowest BCUT2D eigenvalue weighted by molar-refractivity contribution is -0.136. The molecule has 0 saturated carbocycles. The summed E-state index contributed by atoms with van der Waals surface area (Å²) in [6.07, 6.45) is 9.19. The van der Waals surface area contributed by atoms with Crippen molar-refractivity contribution >= 4 is 29.4 Å². The van der Waals surface area contributed by atoms with E-state index in [1.165, 1.54) is 37.0 Å². The van der Waals surface area contributed by atoms with E-state index < -0.39 is 18.0 Å². The van der Waals surface area contributed by atoms with Crippen molar-refractivity contribution in [2.45, 2.75) is 39.2 Å². The van der Waals surface area contributed by atoms with E-state index in [4.69, 9.17) is 14.2 Å². The molecular weight excluding hydrogens is 456 g/mol. The van der Waals surface area contributed by atoms with E-state index in [2.05, 4.69) is 17.1 Å². The average Bonchev–Trinajstić information content (AvgIpc) is 3.12. The first-order chi connectivity index (χ1) is 16.3. The molecule has 178 valence electrons. The fourth-order valence-corrected chi connectivity index (χ4v) is 5.41. The Bertz CT molecular complexity index is 1380. The molecule has 0 N–H and O–H groups in total. The van der Waals surface area contributed by atoms with Gasteiger partial charge in [-0.05, 0) is 49.8 Å². The van der Waals surface area contributed by atoms with Crippen LogP contribution in [0, 0.1) is 5.92 Å². The largest absolute Gasteiger partial charge is 0.493 e. The predicted molar refractivity (Wildman–Crippen MR) is 127 cm³/mol. The number of rotatable bonds is 5. The van der Waals surface area contributed by atoms with E-state index in [1.54, 1.807) is 25.1 Å². The fraction of sp³-hybridized carbons (Fsp3) is 0.360. The lowest BCUT2D eigenvalue weighted by Gasteiger charge is -2.25. The zero-order valence-electron chi connectivity index (χ0n) is 19.5. The minimum absolute atomic E-state index is 0.208. The van der Waals surface area contributed by atoms with Gasteiger partial charge in [-0.2, -0.15) is 0 Å². The molecule has 1 aliphatic heterocycles. The Kier molecular flexibility index (Phi) is 6.83. The van der Waals surface area contributed by atoms with Gasteiger partial charge in [0.25, 0.3) is 5.56 Å². The molecule has 0 radical (unpaired) electrons. The molecule has 2 aromatic rings. The summed E-state index contributed by atoms with van der Waals surface area (Å²) in [5.74, 6) is -0.211. The molecule has 0 saturated heterocycles. The number of hydrogen-bond donors (Lipinski definition) is 0. The first-order valence-electron chi connectivity index (χ1n) is 11.0. The summed E-state index contributed by atoms with van der Waals surface area (Å²) in [4.78, 5) is 42.9. The molecule has 9 heteroatoms. The quantitative estimate of drug-likeness (QED) is 0.369. The van der Waals surface area contributed by atoms with Gasteiger partial charge in [-0.1, -0.05) is 35.6 Å². The second kappa shape index (κ2) is 9.80. The highest BCUT2D eigenvalue weighted by Crippen LogP contribution is 2.36. The van der Waals surface area contributed by atoms with Crippen molar-refractivity contribution in [1.29, 1.82) is 0 Å². The smallest absolute Gasteiger partial charge is 0.338 e. The van der Waals surface area contributed by atoms with Crippen molar-refractivity contribution in [2.24, 2.45) is 10.9 Å². The van der Waals surface area contributed by atoms with Gasteiger partial charge in [0.15, 0.2) is 16.3 Å². The summed E-state index contributed by atoms with van der Waals surface area (Å²) in [5, 5.41) is 0. The topological polar surface area (TPSA) is 96.2 Å². The lowest BCUT2D eigenvalue weighted by atomic mass is 9.94. The minimum atomic E-state index is -0.766. The van der Waals surface area contributed by atoms with Crippen LogP contribution in [0.1, 0.15) is 44.7 Å². The van der Waals surface area contributed by atoms with Gasteiger partial charge in [-0.3, -0.25) is 14.2 Å². The third-order valence-corrected chi connectivity index (χ3v) is 6.88. The molecule has 0 fully saturated rings. The van der Waals surface area contributed by atoms with Crippen LogP contribution in [0.2, 0.25) is 0 Å². The molecule has 2 unspecified atom stereocenters. The third-order valence-electron chi connectivity index (χ3n) is 5.88. The normalized spacial score (nSPS) is 19.9. The molecule has 0 spiro atoms. The number of carbonyl (C=O) groups excluding carboxylic acids is 2. The summed E-state index contributed by atoms with van der Waals surface area (Å²) in [6, 6.07) is 4.19. The fourth-order valence-electron chi connectivity index (χ4n) is 4.30. The van der Waals surface area contributed by atoms with Crippen LogP contribution in [0.3, 0.4) is 0 Å². The van der Waals surface area contributed by atoms with Crippen molar-refractivity contribution < 1.29 is 23.8 Å². The molecule has 0 bridgehead atoms. The van der Waals surface area contributed by atoms with Crippen molar-refractivity contribution in [2.75, 3.05) is 14.2 Å². The number of carbonyl (C=O) groups is 2. The van der Waals surface area contributed by atoms with Crippen molar-refractivity contribution in [3.63, 3.8) is 0 Å². The highest BCUT2D eigenvalue weighted by Gasteiger charge is 2.33. The maximum Gasteiger partial charge on any atom is 0.338 e. The summed E-state index contributed by atoms with van der Waals surface area (Å²) >= 11 is 1.32. The molecule has 8 nitrogen and oxygen atoms in total. The van der Waals surface area contributed by atoms with Crippen LogP contribution < -0.4 is 24.4 Å². The van der Waals surface area contributed by atoms with Crippen LogP contribution >= 0.6 is 11.3 Å². The zero-order valence-corrected chi connectivity index (χ0v) is 20.3. The van der Waals surface area contributed by atoms with Crippen LogP contribution in [0.25, 0.3) is 6.08 Å². The number of thiazole rings is 1. The first-order valence-corrected chi connectivity index (χ1v) is 11.8. The van der Waals surface area contributed by atoms with Gasteiger partial charge in [0, 0.05) is 6.92 Å². The highest BCUT2D eigenvalue weighted by molar-refractivity contribution is 7.07. The van der Waals surface area contributed by atoms with E-state index in [0.717, 1.165) is 19.3 Å². The Morgan fingerprint density at radius 2 is 2.00 bits per heavy atom. The number of benzene rings is 1. The first kappa shape index (κ1) is 23.7. The van der Waals surface area contributed by atoms with E-state index in [9.17, 15) is 14.4 Å². The summed E-state index contributed by atoms with van der Waals surface area (Å²) in [6.45, 7) is 3.03. The van der Waals surface area contributed by atoms with Crippen LogP contribution in [0.5, 0.6) is 11.5 Å². The summed E-state index contributed by atoms with van der Waals surface area (Å²) in [7, 11) is 2.75. The molecule has 34 heavy (non-hydrogen) atoms. The Balaban J connectivity index is 1.91. The highest BCUT2D eigenvalue weighted by atomic mass is 32.1. The number of allylic oxidation sites excluding steroid dienone is 3. The van der Waals surface area contributed by atoms with E-state index >= 15 is 0 Å². The Hall–Kier alpha value is -3.46. The standard InChI is InChI=1S/C25H26N2O6S/c1-14-21(24(30)32-4)22(17-10-11-18(33-15(2)28)19(13-17)31-3)27-23(29)20(34-25(27)26-14)12-16-8-6-5-7-9-16/h5-6,10-13,16,22H,7-9H2,1-4H3. The van der Waals surface area contributed by atoms with Gasteiger partial charge in [-0.25, -0.2) is 9.79 Å². The molecule has 2 atom stereocenters. The summed E-state index contributed by atoms with van der Waals surface area (Å²) in [5.41, 5.74) is 1.15. The lowest BCUT2D eigenvalue weighted by Crippen LogP contribution is -2.40. The van der Waals surface area contributed by atoms with Gasteiger partial charge in [-0.15, -0.1) is 0 Å². The van der Waals surface area contributed by atoms with Gasteiger partial charge in [0.1, 0.15) is 0 Å². The predicted octanol–water partition coefficient (Wildman–Crippen LogP) is 2.65. The molecule has 4 rings (SSSR count). The SMILES string of the molecule is COC(=O)C1=C(C)N=c2sc(=CC3CC=CCC3)c(=O)n2C1c1ccc(OC(C)=O)c(OC)c1. The molecular formula is C25H26N2O6S. The van der Waals surface area contributed by atoms with Crippen molar-refractivity contribution in [3.05, 3.63) is 66.9 Å². The molecule has 1 aromatic heterocycles. The second-order valence-electron chi connectivity index (χ2n) is 8.14. The number of hydrogen-bond acceptors (Lipinski definition) is 8. The van der Waals surface area contributed by atoms with Gasteiger partial charge in [0.05, 0.1) is 36.1 Å². The maximum atomic E-state index is 13.6. The van der Waals surface area contributed by atoms with Crippen molar-refractivity contribution in [1.82, 2.24) is 4.57 Å². The van der Waals surface area contributed by atoms with E-state index in [-0.39, 0.29) is 22.8 Å². The van der Waals surface area contributed by atoms with Crippen LogP contribution in [0.4, 0.5) is 0 Å². The maximum absolute atomic E-state index is 13.6. The summed E-state index contributed by atoms with van der Waals surface area (Å²) < 4.78 is 17.8. The number of esters is 2. The molecule has 2 heterocycles. The van der Waals surface area contributed by atoms with Crippen LogP contribution in [0.15, 0.2) is 51.4 Å². The van der Waals surface area contributed by atoms with Crippen molar-refractivity contribution in [3.8, 4) is 11.5 Å². The number of nitrogens with zero attached hydrogens (tertiary/aromatic N) is 2. The zero-order chi connectivity index (χ0) is 24.4. The number of ether oxygens (including phenoxy) is 3. The molecule has 1 aliphatic carbocycles. The number of methoxy groups -OCH3 is 2. The van der Waals surface area contributed by atoms with E-state index in [1.807, 2.05) is 6.08 Å². The van der Waals surface area contributed by atoms with Crippen LogP contribution in [-0.4, -0.2) is 30.7 Å². The average molecular weight is 483 g/mol. The van der Waals surface area contributed by atoms with Gasteiger partial charge in [0.2, 0.25) is 0 Å². The Morgan fingerprint density at radius 1 is 1.21 bits per heavy atom. The molecule has 0 amide bonds. The minimum Gasteiger partial charge on any atom is -0.493 e. The van der Waals surface area contributed by atoms with Crippen LogP contribution in [-0.2, 0) is 14.3 Å². The van der Waals surface area contributed by atoms with Gasteiger partial charge < -0.3 is 14.2 Å². The monoisotopic (exact) mass is 482 g/mol. The van der Waals surface area contributed by atoms with E-state index in [0.29, 0.717) is 26.3 Å². The Morgan fingerprint density at radius 3 is 2.65 bits per heavy atom. The third kappa shape index (κ3) is 4.48. The van der Waals surface area contributed by atoms with Gasteiger partial charge >= 0.3 is 11.9 Å². The molecule has 1 aromatic carbocycles. The second-order valence-corrected chi connectivity index (χ2v) is 9.15. The number of fused-ring (bicyclic) bond motifs is 1. The Labute approximate surface area is 200 Å². The molecule has 2 aliphatic rings. The number of aromatic nitrogens is 1.